The van der Waals surface area contributed by atoms with Crippen LogP contribution in [0.25, 0.3) is 0 Å². The molecule has 138 valence electrons. The van der Waals surface area contributed by atoms with Gasteiger partial charge in [-0.3, -0.25) is 0 Å². The van der Waals surface area contributed by atoms with Crippen LogP contribution in [0.1, 0.15) is 64.0 Å². The molecule has 1 aromatic rings. The number of fused-ring (bicyclic) bond motifs is 1. The standard InChI is InChI=1S/C23H34O2/c1-16-11-17(13-19(12-16)25-5)14-20-18(15-24)7-8-21-22(2,3)9-6-10-23(20,21)4/h11-13,15,18,20-21H,6-10,14H2,1-5H3. The average Bonchev–Trinajstić information content (AvgIpc) is 2.55. The van der Waals surface area contributed by atoms with Gasteiger partial charge in [-0.15, -0.1) is 0 Å². The summed E-state index contributed by atoms with van der Waals surface area (Å²) in [6.07, 6.45) is 8.38. The normalized spacial score (nSPS) is 34.2. The maximum atomic E-state index is 11.9. The van der Waals surface area contributed by atoms with Gasteiger partial charge in [-0.2, -0.15) is 0 Å². The Morgan fingerprint density at radius 3 is 2.60 bits per heavy atom. The van der Waals surface area contributed by atoms with Gasteiger partial charge in [-0.25, -0.2) is 0 Å². The number of rotatable bonds is 4. The third kappa shape index (κ3) is 3.37. The molecule has 0 aliphatic heterocycles. The summed E-state index contributed by atoms with van der Waals surface area (Å²) in [4.78, 5) is 11.9. The molecule has 2 aliphatic rings. The predicted octanol–water partition coefficient (Wildman–Crippen LogP) is 5.60. The van der Waals surface area contributed by atoms with E-state index in [2.05, 4.69) is 45.9 Å². The molecule has 3 rings (SSSR count). The molecule has 2 nitrogen and oxygen atoms in total. The summed E-state index contributed by atoms with van der Waals surface area (Å²) in [5.74, 6) is 2.29. The smallest absolute Gasteiger partial charge is 0.123 e. The molecule has 0 spiro atoms. The number of ether oxygens (including phenoxy) is 1. The van der Waals surface area contributed by atoms with Crippen molar-refractivity contribution in [2.24, 2.45) is 28.6 Å². The summed E-state index contributed by atoms with van der Waals surface area (Å²) in [6.45, 7) is 9.50. The van der Waals surface area contributed by atoms with Gasteiger partial charge >= 0.3 is 0 Å². The van der Waals surface area contributed by atoms with Crippen molar-refractivity contribution in [2.45, 2.75) is 66.2 Å². The Morgan fingerprint density at radius 2 is 1.92 bits per heavy atom. The third-order valence-corrected chi connectivity index (χ3v) is 7.41. The number of carbonyl (C=O) groups excluding carboxylic acids is 1. The second-order valence-corrected chi connectivity index (χ2v) is 9.45. The van der Waals surface area contributed by atoms with Crippen LogP contribution in [0.3, 0.4) is 0 Å². The molecule has 0 saturated heterocycles. The molecule has 2 aliphatic carbocycles. The van der Waals surface area contributed by atoms with Crippen LogP contribution in [0.5, 0.6) is 5.75 Å². The molecule has 4 unspecified atom stereocenters. The molecular formula is C23H34O2. The minimum Gasteiger partial charge on any atom is -0.497 e. The van der Waals surface area contributed by atoms with Crippen molar-refractivity contribution in [1.82, 2.24) is 0 Å². The Kier molecular flexibility index (Phi) is 5.01. The van der Waals surface area contributed by atoms with E-state index in [9.17, 15) is 4.79 Å². The van der Waals surface area contributed by atoms with Crippen molar-refractivity contribution in [3.05, 3.63) is 29.3 Å². The molecule has 25 heavy (non-hydrogen) atoms. The van der Waals surface area contributed by atoms with Crippen LogP contribution in [0.4, 0.5) is 0 Å². The first-order valence-corrected chi connectivity index (χ1v) is 9.90. The lowest BCUT2D eigenvalue weighted by Crippen LogP contribution is -2.52. The molecule has 1 aromatic carbocycles. The van der Waals surface area contributed by atoms with Crippen molar-refractivity contribution < 1.29 is 9.53 Å². The van der Waals surface area contributed by atoms with Crippen LogP contribution in [0.2, 0.25) is 0 Å². The van der Waals surface area contributed by atoms with Gasteiger partial charge in [0.05, 0.1) is 7.11 Å². The molecule has 4 atom stereocenters. The van der Waals surface area contributed by atoms with Crippen LogP contribution in [0, 0.1) is 35.5 Å². The van der Waals surface area contributed by atoms with Crippen molar-refractivity contribution in [3.63, 3.8) is 0 Å². The topological polar surface area (TPSA) is 26.3 Å². The highest BCUT2D eigenvalue weighted by atomic mass is 16.5. The van der Waals surface area contributed by atoms with E-state index in [1.54, 1.807) is 7.11 Å². The largest absolute Gasteiger partial charge is 0.497 e. The minimum absolute atomic E-state index is 0.196. The van der Waals surface area contributed by atoms with Crippen LogP contribution >= 0.6 is 0 Å². The maximum Gasteiger partial charge on any atom is 0.123 e. The Balaban J connectivity index is 1.95. The maximum absolute atomic E-state index is 11.9. The Hall–Kier alpha value is -1.31. The fourth-order valence-electron chi connectivity index (χ4n) is 6.24. The summed E-state index contributed by atoms with van der Waals surface area (Å²) in [5.41, 5.74) is 3.21. The van der Waals surface area contributed by atoms with Gasteiger partial charge in [0.2, 0.25) is 0 Å². The van der Waals surface area contributed by atoms with Crippen LogP contribution in [0.15, 0.2) is 18.2 Å². The van der Waals surface area contributed by atoms with E-state index in [1.807, 2.05) is 0 Å². The van der Waals surface area contributed by atoms with Crippen LogP contribution < -0.4 is 4.74 Å². The molecule has 2 heteroatoms. The number of aldehydes is 1. The zero-order valence-corrected chi connectivity index (χ0v) is 16.6. The molecule has 0 aromatic heterocycles. The first kappa shape index (κ1) is 18.5. The van der Waals surface area contributed by atoms with E-state index in [0.717, 1.165) is 24.5 Å². The number of carbonyl (C=O) groups is 1. The van der Waals surface area contributed by atoms with Crippen molar-refractivity contribution in [2.75, 3.05) is 7.11 Å². The molecule has 0 heterocycles. The third-order valence-electron chi connectivity index (χ3n) is 7.41. The molecular weight excluding hydrogens is 308 g/mol. The number of methoxy groups -OCH3 is 1. The Morgan fingerprint density at radius 1 is 1.16 bits per heavy atom. The van der Waals surface area contributed by atoms with E-state index in [1.165, 1.54) is 43.1 Å². The molecule has 2 fully saturated rings. The Labute approximate surface area is 153 Å². The second-order valence-electron chi connectivity index (χ2n) is 9.45. The summed E-state index contributed by atoms with van der Waals surface area (Å²) >= 11 is 0. The second kappa shape index (κ2) is 6.78. The van der Waals surface area contributed by atoms with Crippen molar-refractivity contribution >= 4 is 6.29 Å². The van der Waals surface area contributed by atoms with Gasteiger partial charge in [-0.05, 0) is 85.0 Å². The molecule has 0 amide bonds. The fraction of sp³-hybridized carbons (Fsp3) is 0.696. The first-order chi connectivity index (χ1) is 11.8. The number of aryl methyl sites for hydroxylation is 1. The van der Waals surface area contributed by atoms with E-state index in [0.29, 0.717) is 11.3 Å². The van der Waals surface area contributed by atoms with E-state index in [4.69, 9.17) is 4.74 Å². The van der Waals surface area contributed by atoms with E-state index >= 15 is 0 Å². The van der Waals surface area contributed by atoms with Crippen molar-refractivity contribution in [1.29, 1.82) is 0 Å². The number of hydrogen-bond acceptors (Lipinski definition) is 2. The molecule has 0 radical (unpaired) electrons. The first-order valence-electron chi connectivity index (χ1n) is 9.90. The van der Waals surface area contributed by atoms with Gasteiger partial charge in [0, 0.05) is 5.92 Å². The van der Waals surface area contributed by atoms with E-state index < -0.39 is 0 Å². The highest BCUT2D eigenvalue weighted by Crippen LogP contribution is 2.61. The van der Waals surface area contributed by atoms with Gasteiger partial charge < -0.3 is 9.53 Å². The lowest BCUT2D eigenvalue weighted by Gasteiger charge is -2.59. The summed E-state index contributed by atoms with van der Waals surface area (Å²) in [6, 6.07) is 6.51. The number of benzene rings is 1. The Bertz CT molecular complexity index is 633. The summed E-state index contributed by atoms with van der Waals surface area (Å²) < 4.78 is 5.47. The zero-order chi connectivity index (χ0) is 18.2. The lowest BCUT2D eigenvalue weighted by atomic mass is 9.46. The highest BCUT2D eigenvalue weighted by molar-refractivity contribution is 5.55. The summed E-state index contributed by atoms with van der Waals surface area (Å²) in [7, 11) is 1.73. The molecule has 0 bridgehead atoms. The monoisotopic (exact) mass is 342 g/mol. The molecule has 2 saturated carbocycles. The van der Waals surface area contributed by atoms with Crippen molar-refractivity contribution in [3.8, 4) is 5.75 Å². The SMILES string of the molecule is COc1cc(C)cc(CC2C(C=O)CCC3C(C)(C)CCCC23C)c1. The highest BCUT2D eigenvalue weighted by Gasteiger charge is 2.54. The summed E-state index contributed by atoms with van der Waals surface area (Å²) in [5, 5.41) is 0. The lowest BCUT2D eigenvalue weighted by molar-refractivity contribution is -0.128. The van der Waals surface area contributed by atoms with Crippen LogP contribution in [-0.2, 0) is 11.2 Å². The van der Waals surface area contributed by atoms with Gasteiger partial charge in [-0.1, -0.05) is 33.3 Å². The van der Waals surface area contributed by atoms with E-state index in [-0.39, 0.29) is 11.3 Å². The van der Waals surface area contributed by atoms with Gasteiger partial charge in [0.25, 0.3) is 0 Å². The molecule has 0 N–H and O–H groups in total. The van der Waals surface area contributed by atoms with Crippen LogP contribution in [-0.4, -0.2) is 13.4 Å². The predicted molar refractivity (Wildman–Crippen MR) is 103 cm³/mol. The minimum atomic E-state index is 0.196. The zero-order valence-electron chi connectivity index (χ0n) is 16.6. The number of hydrogen-bond donors (Lipinski definition) is 0. The average molecular weight is 343 g/mol. The van der Waals surface area contributed by atoms with Gasteiger partial charge in [0.1, 0.15) is 12.0 Å². The quantitative estimate of drug-likeness (QED) is 0.665. The van der Waals surface area contributed by atoms with Gasteiger partial charge in [0.15, 0.2) is 0 Å². The fourth-order valence-corrected chi connectivity index (χ4v) is 6.24.